The second-order valence-electron chi connectivity index (χ2n) is 14.6. The third kappa shape index (κ3) is 6.40. The number of pyridine rings is 2. The molecule has 4 aromatic heterocycles. The average Bonchev–Trinajstić information content (AvgIpc) is 3.66. The lowest BCUT2D eigenvalue weighted by molar-refractivity contribution is -0.135. The number of imide groups is 1. The van der Waals surface area contributed by atoms with Crippen molar-refractivity contribution >= 4 is 45.5 Å². The number of rotatable bonds is 7. The van der Waals surface area contributed by atoms with Crippen LogP contribution in [0.3, 0.4) is 0 Å². The maximum Gasteiger partial charge on any atom is 0.329 e. The lowest BCUT2D eigenvalue weighted by Gasteiger charge is -2.38. The lowest BCUT2D eigenvalue weighted by atomic mass is 9.83. The van der Waals surface area contributed by atoms with Crippen LogP contribution in [0.15, 0.2) is 59.7 Å². The SMILES string of the molecule is Cc1cccc(C(=O)Nc2cc3cn(C4CCC(CN5CC[C@@H](c6cccc7c6n(C)c(=O)n7C6CCC(=O)NC6=O)[C@H](F)C5)CC4)nc3cn2)n1. The van der Waals surface area contributed by atoms with Crippen molar-refractivity contribution in [3.63, 3.8) is 0 Å². The number of likely N-dealkylation sites (tertiary alicyclic amines) is 1. The molecular formula is C38H42FN9O4. The van der Waals surface area contributed by atoms with E-state index < -0.39 is 18.1 Å². The van der Waals surface area contributed by atoms with E-state index in [2.05, 4.69) is 25.5 Å². The van der Waals surface area contributed by atoms with Crippen molar-refractivity contribution in [2.75, 3.05) is 25.0 Å². The maximum absolute atomic E-state index is 16.1. The molecular weight excluding hydrogens is 665 g/mol. The number of nitrogens with one attached hydrogen (secondary N) is 2. The molecule has 0 radical (unpaired) electrons. The molecule has 1 saturated carbocycles. The van der Waals surface area contributed by atoms with Crippen LogP contribution in [0.4, 0.5) is 10.2 Å². The summed E-state index contributed by atoms with van der Waals surface area (Å²) in [5.41, 5.74) is 3.57. The van der Waals surface area contributed by atoms with Crippen LogP contribution in [-0.4, -0.2) is 77.3 Å². The number of anilines is 1. The molecule has 14 heteroatoms. The molecule has 3 amide bonds. The molecule has 13 nitrogen and oxygen atoms in total. The highest BCUT2D eigenvalue weighted by Gasteiger charge is 2.36. The van der Waals surface area contributed by atoms with Gasteiger partial charge in [-0.2, -0.15) is 5.10 Å². The Morgan fingerprint density at radius 3 is 2.62 bits per heavy atom. The van der Waals surface area contributed by atoms with Crippen molar-refractivity contribution < 1.29 is 18.8 Å². The second-order valence-corrected chi connectivity index (χ2v) is 14.6. The van der Waals surface area contributed by atoms with Gasteiger partial charge in [-0.15, -0.1) is 0 Å². The van der Waals surface area contributed by atoms with Crippen molar-refractivity contribution in [2.45, 2.75) is 76.0 Å². The summed E-state index contributed by atoms with van der Waals surface area (Å²) in [6.45, 7) is 3.78. The number of hydrogen-bond acceptors (Lipinski definition) is 8. The number of para-hydroxylation sites is 1. The summed E-state index contributed by atoms with van der Waals surface area (Å²) < 4.78 is 21.1. The van der Waals surface area contributed by atoms with E-state index in [1.807, 2.05) is 42.1 Å². The fraction of sp³-hybridized carbons (Fsp3) is 0.447. The van der Waals surface area contributed by atoms with Gasteiger partial charge < -0.3 is 10.2 Å². The lowest BCUT2D eigenvalue weighted by Crippen LogP contribution is -2.44. The first-order valence-electron chi connectivity index (χ1n) is 18.1. The Morgan fingerprint density at radius 2 is 1.85 bits per heavy atom. The van der Waals surface area contributed by atoms with Crippen molar-refractivity contribution in [1.82, 2.24) is 39.1 Å². The van der Waals surface area contributed by atoms with Gasteiger partial charge in [-0.1, -0.05) is 18.2 Å². The number of carbonyl (C=O) groups excluding carboxylic acids is 3. The standard InChI is InChI=1S/C38H42FN9O4/c1-22-5-3-7-29(41-22)36(50)42-33-17-24-20-47(44-30(24)18-40-33)25-11-9-23(10-12-25)19-46-16-15-26(28(39)21-46)27-6-4-8-31-35(27)45(2)38(52)48(31)32-13-14-34(49)43-37(32)51/h3-8,17-18,20,23,25-26,28,32H,9-16,19,21H2,1-2H3,(H,42,50)(H,43,49,51)/t23?,25?,26-,28+,32?/m0/s1. The number of nitrogens with zero attached hydrogens (tertiary/aromatic N) is 7. The summed E-state index contributed by atoms with van der Waals surface area (Å²) >= 11 is 0. The minimum Gasteiger partial charge on any atom is -0.305 e. The number of hydrogen-bond donors (Lipinski definition) is 2. The minimum absolute atomic E-state index is 0.167. The summed E-state index contributed by atoms with van der Waals surface area (Å²) in [5.74, 6) is -0.576. The highest BCUT2D eigenvalue weighted by Crippen LogP contribution is 2.38. The van der Waals surface area contributed by atoms with Gasteiger partial charge in [-0.3, -0.25) is 33.5 Å². The van der Waals surface area contributed by atoms with E-state index in [0.29, 0.717) is 41.4 Å². The van der Waals surface area contributed by atoms with Gasteiger partial charge in [0.25, 0.3) is 5.91 Å². The molecule has 2 N–H and O–H groups in total. The van der Waals surface area contributed by atoms with E-state index in [-0.39, 0.29) is 42.3 Å². The first-order chi connectivity index (χ1) is 25.1. The summed E-state index contributed by atoms with van der Waals surface area (Å²) in [6, 6.07) is 12.2. The zero-order chi connectivity index (χ0) is 36.1. The monoisotopic (exact) mass is 707 g/mol. The van der Waals surface area contributed by atoms with Gasteiger partial charge in [0.1, 0.15) is 29.2 Å². The zero-order valence-corrected chi connectivity index (χ0v) is 29.3. The number of amides is 3. The molecule has 1 aromatic carbocycles. The smallest absolute Gasteiger partial charge is 0.305 e. The molecule has 52 heavy (non-hydrogen) atoms. The third-order valence-corrected chi connectivity index (χ3v) is 11.2. The Labute approximate surface area is 299 Å². The van der Waals surface area contributed by atoms with Crippen LogP contribution in [0, 0.1) is 12.8 Å². The number of imidazole rings is 1. The van der Waals surface area contributed by atoms with Crippen LogP contribution < -0.4 is 16.3 Å². The molecule has 2 aliphatic heterocycles. The van der Waals surface area contributed by atoms with E-state index in [1.165, 1.54) is 9.13 Å². The van der Waals surface area contributed by atoms with Crippen LogP contribution in [0.2, 0.25) is 0 Å². The van der Waals surface area contributed by atoms with Crippen molar-refractivity contribution in [3.8, 4) is 0 Å². The number of carbonyl (C=O) groups is 3. The van der Waals surface area contributed by atoms with E-state index in [1.54, 1.807) is 31.4 Å². The van der Waals surface area contributed by atoms with E-state index in [0.717, 1.165) is 60.9 Å². The number of aromatic nitrogens is 6. The third-order valence-electron chi connectivity index (χ3n) is 11.2. The number of benzene rings is 1. The highest BCUT2D eigenvalue weighted by molar-refractivity contribution is 6.03. The molecule has 5 aromatic rings. The summed E-state index contributed by atoms with van der Waals surface area (Å²) in [7, 11) is 1.67. The number of halogens is 1. The van der Waals surface area contributed by atoms with Gasteiger partial charge in [0.2, 0.25) is 11.8 Å². The fourth-order valence-corrected chi connectivity index (χ4v) is 8.49. The van der Waals surface area contributed by atoms with Crippen LogP contribution in [-0.2, 0) is 16.6 Å². The Balaban J connectivity index is 0.880. The number of piperidine rings is 2. The van der Waals surface area contributed by atoms with Crippen LogP contribution in [0.25, 0.3) is 21.9 Å². The molecule has 0 bridgehead atoms. The minimum atomic E-state index is -1.10. The molecule has 8 rings (SSSR count). The van der Waals surface area contributed by atoms with Gasteiger partial charge in [0, 0.05) is 49.8 Å². The van der Waals surface area contributed by atoms with Gasteiger partial charge >= 0.3 is 5.69 Å². The number of alkyl halides is 1. The molecule has 3 aliphatic rings. The topological polar surface area (TPSA) is 149 Å². The van der Waals surface area contributed by atoms with Gasteiger partial charge in [-0.05, 0) is 87.7 Å². The Morgan fingerprint density at radius 1 is 1.04 bits per heavy atom. The van der Waals surface area contributed by atoms with Crippen molar-refractivity contribution in [3.05, 3.63) is 82.3 Å². The quantitative estimate of drug-likeness (QED) is 0.234. The largest absolute Gasteiger partial charge is 0.329 e. The summed E-state index contributed by atoms with van der Waals surface area (Å²) in [5, 5.41) is 10.9. The molecule has 0 spiro atoms. The van der Waals surface area contributed by atoms with Crippen molar-refractivity contribution in [1.29, 1.82) is 0 Å². The Hall–Kier alpha value is -5.24. The second kappa shape index (κ2) is 13.7. The normalized spacial score (nSPS) is 24.3. The summed E-state index contributed by atoms with van der Waals surface area (Å²) in [6.07, 6.45) is 7.66. The molecule has 1 aliphatic carbocycles. The molecule has 3 fully saturated rings. The molecule has 270 valence electrons. The predicted octanol–water partition coefficient (Wildman–Crippen LogP) is 4.58. The fourth-order valence-electron chi connectivity index (χ4n) is 8.49. The first-order valence-corrected chi connectivity index (χ1v) is 18.1. The van der Waals surface area contributed by atoms with Crippen LogP contribution in [0.5, 0.6) is 0 Å². The van der Waals surface area contributed by atoms with Crippen LogP contribution in [0.1, 0.15) is 84.7 Å². The van der Waals surface area contributed by atoms with E-state index >= 15 is 4.39 Å². The van der Waals surface area contributed by atoms with Crippen LogP contribution >= 0.6 is 0 Å². The number of aryl methyl sites for hydroxylation is 2. The molecule has 6 heterocycles. The van der Waals surface area contributed by atoms with E-state index in [9.17, 15) is 19.2 Å². The summed E-state index contributed by atoms with van der Waals surface area (Å²) in [4.78, 5) is 61.4. The average molecular weight is 708 g/mol. The predicted molar refractivity (Wildman–Crippen MR) is 193 cm³/mol. The van der Waals surface area contributed by atoms with Gasteiger partial charge in [0.05, 0.1) is 23.3 Å². The van der Waals surface area contributed by atoms with Gasteiger partial charge in [-0.25, -0.2) is 19.2 Å². The first kappa shape index (κ1) is 33.9. The highest BCUT2D eigenvalue weighted by atomic mass is 19.1. The maximum atomic E-state index is 16.1. The molecule has 3 atom stereocenters. The van der Waals surface area contributed by atoms with Crippen molar-refractivity contribution in [2.24, 2.45) is 13.0 Å². The molecule has 2 saturated heterocycles. The van der Waals surface area contributed by atoms with E-state index in [4.69, 9.17) is 5.10 Å². The Bertz CT molecular complexity index is 2250. The molecule has 1 unspecified atom stereocenters. The van der Waals surface area contributed by atoms with Gasteiger partial charge in [0.15, 0.2) is 0 Å². The Kier molecular flexibility index (Phi) is 8.94. The number of fused-ring (bicyclic) bond motifs is 2. The zero-order valence-electron chi connectivity index (χ0n) is 29.3.